The number of methoxy groups -OCH3 is 1. The van der Waals surface area contributed by atoms with Gasteiger partial charge in [0.15, 0.2) is 0 Å². The van der Waals surface area contributed by atoms with Crippen LogP contribution in [0.1, 0.15) is 28.7 Å². The van der Waals surface area contributed by atoms with E-state index >= 15 is 0 Å². The fourth-order valence-corrected chi connectivity index (χ4v) is 3.40. The average molecular weight is 439 g/mol. The standard InChI is InChI=1S/C16H17N5O8S/c1-8-17-14(20-16(18-8)28-3)19-15(25)21-30(26,27)11-6-4-5-10(7-29-9(2)22)12(11)13(23)24/h4-6H,7H2,1-3H3,(H,23,24)(H2,17,18,19,20,21,25). The Morgan fingerprint density at radius 2 is 1.87 bits per heavy atom. The second-order valence-corrected chi connectivity index (χ2v) is 7.28. The van der Waals surface area contributed by atoms with E-state index in [9.17, 15) is 27.9 Å². The third-order valence-corrected chi connectivity index (χ3v) is 4.78. The number of hydrogen-bond acceptors (Lipinski definition) is 10. The number of ether oxygens (including phenoxy) is 2. The van der Waals surface area contributed by atoms with Crippen LogP contribution >= 0.6 is 0 Å². The van der Waals surface area contributed by atoms with E-state index in [4.69, 9.17) is 9.47 Å². The number of rotatable bonds is 7. The van der Waals surface area contributed by atoms with Gasteiger partial charge in [0.1, 0.15) is 17.3 Å². The van der Waals surface area contributed by atoms with E-state index in [0.29, 0.717) is 0 Å². The van der Waals surface area contributed by atoms with Crippen molar-refractivity contribution >= 4 is 33.9 Å². The second-order valence-electron chi connectivity index (χ2n) is 5.63. The largest absolute Gasteiger partial charge is 0.478 e. The summed E-state index contributed by atoms with van der Waals surface area (Å²) < 4.78 is 36.5. The lowest BCUT2D eigenvalue weighted by Gasteiger charge is -2.13. The van der Waals surface area contributed by atoms with Gasteiger partial charge >= 0.3 is 24.0 Å². The third kappa shape index (κ3) is 5.60. The molecule has 0 atom stereocenters. The summed E-state index contributed by atoms with van der Waals surface area (Å²) in [6.45, 7) is 2.15. The molecule has 0 bridgehead atoms. The van der Waals surface area contributed by atoms with Crippen LogP contribution < -0.4 is 14.8 Å². The fraction of sp³-hybridized carbons (Fsp3) is 0.250. The zero-order valence-corrected chi connectivity index (χ0v) is 16.8. The van der Waals surface area contributed by atoms with E-state index in [-0.39, 0.29) is 23.3 Å². The number of nitrogens with zero attached hydrogens (tertiary/aromatic N) is 3. The normalized spacial score (nSPS) is 10.8. The van der Waals surface area contributed by atoms with Gasteiger partial charge in [-0.25, -0.2) is 22.7 Å². The summed E-state index contributed by atoms with van der Waals surface area (Å²) >= 11 is 0. The molecule has 2 amide bonds. The molecule has 3 N–H and O–H groups in total. The highest BCUT2D eigenvalue weighted by atomic mass is 32.2. The molecule has 0 radical (unpaired) electrons. The maximum Gasteiger partial charge on any atom is 0.337 e. The van der Waals surface area contributed by atoms with Crippen LogP contribution in [0.3, 0.4) is 0 Å². The van der Waals surface area contributed by atoms with Gasteiger partial charge < -0.3 is 14.6 Å². The van der Waals surface area contributed by atoms with Gasteiger partial charge in [-0.15, -0.1) is 0 Å². The number of aromatic nitrogens is 3. The van der Waals surface area contributed by atoms with Crippen molar-refractivity contribution in [1.82, 2.24) is 19.7 Å². The molecule has 0 spiro atoms. The van der Waals surface area contributed by atoms with Gasteiger partial charge in [-0.2, -0.15) is 15.0 Å². The molecule has 30 heavy (non-hydrogen) atoms. The molecular weight excluding hydrogens is 422 g/mol. The number of urea groups is 1. The van der Waals surface area contributed by atoms with Crippen molar-refractivity contribution < 1.29 is 37.4 Å². The summed E-state index contributed by atoms with van der Waals surface area (Å²) in [5, 5.41) is 11.6. The predicted octanol–water partition coefficient (Wildman–Crippen LogP) is 0.460. The van der Waals surface area contributed by atoms with Gasteiger partial charge in [0.05, 0.1) is 12.7 Å². The lowest BCUT2D eigenvalue weighted by Crippen LogP contribution is -2.36. The minimum Gasteiger partial charge on any atom is -0.478 e. The Labute approximate surface area is 170 Å². The Hall–Kier alpha value is -3.81. The van der Waals surface area contributed by atoms with Crippen LogP contribution in [-0.4, -0.2) is 53.6 Å². The van der Waals surface area contributed by atoms with Crippen LogP contribution in [0.5, 0.6) is 6.01 Å². The molecule has 1 heterocycles. The number of amides is 2. The summed E-state index contributed by atoms with van der Waals surface area (Å²) in [7, 11) is -3.34. The maximum absolute atomic E-state index is 12.6. The first-order chi connectivity index (χ1) is 14.0. The summed E-state index contributed by atoms with van der Waals surface area (Å²) in [4.78, 5) is 45.4. The molecule has 0 fully saturated rings. The molecule has 2 aromatic rings. The van der Waals surface area contributed by atoms with E-state index < -0.39 is 45.1 Å². The molecule has 0 aliphatic heterocycles. The first-order valence-corrected chi connectivity index (χ1v) is 9.61. The summed E-state index contributed by atoms with van der Waals surface area (Å²) in [5.74, 6) is -2.35. The van der Waals surface area contributed by atoms with E-state index in [2.05, 4.69) is 20.3 Å². The van der Waals surface area contributed by atoms with Crippen LogP contribution in [0.15, 0.2) is 23.1 Å². The molecule has 0 unspecified atom stereocenters. The van der Waals surface area contributed by atoms with Crippen LogP contribution in [0.25, 0.3) is 0 Å². The van der Waals surface area contributed by atoms with E-state index in [1.165, 1.54) is 26.2 Å². The number of anilines is 1. The van der Waals surface area contributed by atoms with Gasteiger partial charge in [0, 0.05) is 12.5 Å². The van der Waals surface area contributed by atoms with E-state index in [0.717, 1.165) is 13.0 Å². The first-order valence-electron chi connectivity index (χ1n) is 8.12. The molecule has 0 aliphatic rings. The quantitative estimate of drug-likeness (QED) is 0.509. The minimum absolute atomic E-state index is 0.0705. The number of aryl methyl sites for hydroxylation is 1. The minimum atomic E-state index is -4.63. The first kappa shape index (κ1) is 22.5. The lowest BCUT2D eigenvalue weighted by molar-refractivity contribution is -0.142. The zero-order valence-electron chi connectivity index (χ0n) is 16.0. The second kappa shape index (κ2) is 9.13. The summed E-state index contributed by atoms with van der Waals surface area (Å²) in [5.41, 5.74) is -0.712. The number of carbonyl (C=O) groups is 3. The molecule has 0 aliphatic carbocycles. The van der Waals surface area contributed by atoms with Crippen molar-refractivity contribution in [3.05, 3.63) is 35.2 Å². The topological polar surface area (TPSA) is 187 Å². The van der Waals surface area contributed by atoms with Crippen LogP contribution in [0.2, 0.25) is 0 Å². The summed E-state index contributed by atoms with van der Waals surface area (Å²) in [6.07, 6.45) is 0. The van der Waals surface area contributed by atoms with Gasteiger partial charge in [-0.1, -0.05) is 12.1 Å². The Balaban J connectivity index is 2.31. The monoisotopic (exact) mass is 439 g/mol. The molecule has 0 saturated heterocycles. The molecule has 14 heteroatoms. The number of sulfonamides is 1. The molecule has 13 nitrogen and oxygen atoms in total. The molecule has 2 rings (SSSR count). The van der Waals surface area contributed by atoms with Crippen LogP contribution in [0.4, 0.5) is 10.7 Å². The van der Waals surface area contributed by atoms with E-state index in [1.54, 1.807) is 4.72 Å². The Morgan fingerprint density at radius 3 is 2.47 bits per heavy atom. The molecule has 160 valence electrons. The molecule has 1 aromatic carbocycles. The highest BCUT2D eigenvalue weighted by Gasteiger charge is 2.27. The highest BCUT2D eigenvalue weighted by Crippen LogP contribution is 2.21. The Morgan fingerprint density at radius 1 is 1.17 bits per heavy atom. The number of hydrogen-bond donors (Lipinski definition) is 3. The van der Waals surface area contributed by atoms with Crippen molar-refractivity contribution in [3.8, 4) is 6.01 Å². The zero-order chi connectivity index (χ0) is 22.5. The predicted molar refractivity (Wildman–Crippen MR) is 99.3 cm³/mol. The van der Waals surface area contributed by atoms with E-state index in [1.807, 2.05) is 0 Å². The summed E-state index contributed by atoms with van der Waals surface area (Å²) in [6, 6.07) is 2.17. The Kier molecular flexibility index (Phi) is 6.84. The average Bonchev–Trinajstić information content (AvgIpc) is 2.64. The van der Waals surface area contributed by atoms with Crippen molar-refractivity contribution in [1.29, 1.82) is 0 Å². The van der Waals surface area contributed by atoms with Crippen molar-refractivity contribution in [2.24, 2.45) is 0 Å². The number of nitrogens with one attached hydrogen (secondary N) is 2. The van der Waals surface area contributed by atoms with Crippen LogP contribution in [-0.2, 0) is 26.2 Å². The molecule has 0 saturated carbocycles. The van der Waals surface area contributed by atoms with Gasteiger partial charge in [0.2, 0.25) is 5.95 Å². The highest BCUT2D eigenvalue weighted by molar-refractivity contribution is 7.90. The molecule has 1 aromatic heterocycles. The number of carbonyl (C=O) groups excluding carboxylic acids is 2. The van der Waals surface area contributed by atoms with Gasteiger partial charge in [-0.3, -0.25) is 10.1 Å². The smallest absolute Gasteiger partial charge is 0.337 e. The van der Waals surface area contributed by atoms with Gasteiger partial charge in [0.25, 0.3) is 10.0 Å². The SMILES string of the molecule is COc1nc(C)nc(NC(=O)NS(=O)(=O)c2cccc(COC(C)=O)c2C(=O)O)n1. The number of esters is 1. The van der Waals surface area contributed by atoms with Crippen molar-refractivity contribution in [2.45, 2.75) is 25.3 Å². The maximum atomic E-state index is 12.6. The lowest BCUT2D eigenvalue weighted by atomic mass is 10.1. The van der Waals surface area contributed by atoms with Crippen molar-refractivity contribution in [2.75, 3.05) is 12.4 Å². The number of carboxylic acid groups (broad SMARTS) is 1. The number of benzene rings is 1. The van der Waals surface area contributed by atoms with Crippen molar-refractivity contribution in [3.63, 3.8) is 0 Å². The fourth-order valence-electron chi connectivity index (χ4n) is 2.25. The van der Waals surface area contributed by atoms with Crippen LogP contribution in [0, 0.1) is 6.92 Å². The Bertz CT molecular complexity index is 1100. The third-order valence-electron chi connectivity index (χ3n) is 3.41. The number of aromatic carboxylic acids is 1. The number of carboxylic acids is 1. The molecular formula is C16H17N5O8S. The van der Waals surface area contributed by atoms with Gasteiger partial charge in [-0.05, 0) is 13.0 Å².